The normalized spacial score (nSPS) is 12.3. The molecule has 5 nitrogen and oxygen atoms in total. The van der Waals surface area contributed by atoms with Crippen molar-refractivity contribution in [3.8, 4) is 0 Å². The summed E-state index contributed by atoms with van der Waals surface area (Å²) in [5, 5.41) is 12.8. The van der Waals surface area contributed by atoms with Crippen LogP contribution >= 0.6 is 0 Å². The number of carbonyl (C=O) groups excluding carboxylic acids is 1. The molecule has 2 rings (SSSR count). The highest BCUT2D eigenvalue weighted by molar-refractivity contribution is 5.92. The largest absolute Gasteiger partial charge is 0.481 e. The van der Waals surface area contributed by atoms with Crippen LogP contribution in [0.1, 0.15) is 39.2 Å². The monoisotopic (exact) mass is 288 g/mol. The van der Waals surface area contributed by atoms with E-state index in [1.54, 1.807) is 0 Å². The molecule has 1 unspecified atom stereocenters. The van der Waals surface area contributed by atoms with E-state index < -0.39 is 5.97 Å². The zero-order valence-corrected chi connectivity index (χ0v) is 12.3. The second-order valence-corrected chi connectivity index (χ2v) is 5.22. The molecule has 21 heavy (non-hydrogen) atoms. The summed E-state index contributed by atoms with van der Waals surface area (Å²) in [5.41, 5.74) is 1.74. The number of benzene rings is 1. The van der Waals surface area contributed by atoms with Crippen molar-refractivity contribution in [3.63, 3.8) is 0 Å². The minimum Gasteiger partial charge on any atom is -0.481 e. The van der Waals surface area contributed by atoms with Gasteiger partial charge in [-0.15, -0.1) is 0 Å². The molecule has 0 saturated heterocycles. The van der Waals surface area contributed by atoms with Crippen LogP contribution in [0.5, 0.6) is 0 Å². The van der Waals surface area contributed by atoms with Gasteiger partial charge in [-0.1, -0.05) is 13.3 Å². The number of carbonyl (C=O) groups is 2. The van der Waals surface area contributed by atoms with Crippen LogP contribution in [0.15, 0.2) is 30.5 Å². The lowest BCUT2D eigenvalue weighted by Crippen LogP contribution is -2.12. The maximum atomic E-state index is 11.1. The van der Waals surface area contributed by atoms with E-state index in [1.165, 1.54) is 6.92 Å². The molecule has 0 fully saturated rings. The summed E-state index contributed by atoms with van der Waals surface area (Å²) in [6.45, 7) is 3.52. The average molecular weight is 288 g/mol. The molecule has 2 aromatic rings. The maximum Gasteiger partial charge on any atom is 0.305 e. The summed E-state index contributed by atoms with van der Waals surface area (Å²) in [7, 11) is 0. The fourth-order valence-corrected chi connectivity index (χ4v) is 2.64. The first-order valence-electron chi connectivity index (χ1n) is 7.11. The third kappa shape index (κ3) is 3.62. The van der Waals surface area contributed by atoms with Crippen LogP contribution in [0.4, 0.5) is 5.69 Å². The Morgan fingerprint density at radius 1 is 1.33 bits per heavy atom. The van der Waals surface area contributed by atoms with Gasteiger partial charge in [0.05, 0.1) is 6.42 Å². The number of rotatable bonds is 6. The van der Waals surface area contributed by atoms with Gasteiger partial charge in [0.1, 0.15) is 0 Å². The minimum absolute atomic E-state index is 0.0448. The van der Waals surface area contributed by atoms with Gasteiger partial charge in [0.25, 0.3) is 0 Å². The van der Waals surface area contributed by atoms with Crippen LogP contribution in [-0.4, -0.2) is 21.6 Å². The smallest absolute Gasteiger partial charge is 0.305 e. The Kier molecular flexibility index (Phi) is 4.62. The molecule has 1 aromatic carbocycles. The molecule has 1 heterocycles. The zero-order valence-electron chi connectivity index (χ0n) is 12.3. The molecule has 112 valence electrons. The number of amides is 1. The predicted octanol–water partition coefficient (Wildman–Crippen LogP) is 3.42. The van der Waals surface area contributed by atoms with Crippen LogP contribution < -0.4 is 5.32 Å². The van der Waals surface area contributed by atoms with Gasteiger partial charge in [-0.05, 0) is 30.7 Å². The first-order valence-corrected chi connectivity index (χ1v) is 7.11. The molecule has 0 saturated carbocycles. The maximum absolute atomic E-state index is 11.1. The molecule has 1 aromatic heterocycles. The Hall–Kier alpha value is -2.30. The summed E-state index contributed by atoms with van der Waals surface area (Å²) in [4.78, 5) is 22.1. The highest BCUT2D eigenvalue weighted by Crippen LogP contribution is 2.27. The molecule has 0 aliphatic carbocycles. The molecular weight excluding hydrogens is 268 g/mol. The number of nitrogens with zero attached hydrogens (tertiary/aromatic N) is 1. The van der Waals surface area contributed by atoms with E-state index in [-0.39, 0.29) is 18.4 Å². The van der Waals surface area contributed by atoms with Gasteiger partial charge >= 0.3 is 5.97 Å². The summed E-state index contributed by atoms with van der Waals surface area (Å²) in [5.74, 6) is -0.895. The standard InChI is InChI=1S/C16H20N2O3/c1-3-4-14(10-16(20)21)18-8-7-12-9-13(17-11(2)19)5-6-15(12)18/h5-9,14H,3-4,10H2,1-2H3,(H,17,19)(H,20,21). The second kappa shape index (κ2) is 6.43. The Morgan fingerprint density at radius 3 is 2.71 bits per heavy atom. The van der Waals surface area contributed by atoms with Crippen LogP contribution in [0.25, 0.3) is 10.9 Å². The van der Waals surface area contributed by atoms with Crippen LogP contribution in [0, 0.1) is 0 Å². The van der Waals surface area contributed by atoms with Crippen molar-refractivity contribution in [3.05, 3.63) is 30.5 Å². The molecular formula is C16H20N2O3. The lowest BCUT2D eigenvalue weighted by Gasteiger charge is -2.18. The first kappa shape index (κ1) is 15.1. The molecule has 2 N–H and O–H groups in total. The van der Waals surface area contributed by atoms with Crippen molar-refractivity contribution >= 4 is 28.5 Å². The second-order valence-electron chi connectivity index (χ2n) is 5.22. The molecule has 0 radical (unpaired) electrons. The van der Waals surface area contributed by atoms with Crippen molar-refractivity contribution < 1.29 is 14.7 Å². The molecule has 5 heteroatoms. The summed E-state index contributed by atoms with van der Waals surface area (Å²) < 4.78 is 2.02. The van der Waals surface area contributed by atoms with Gasteiger partial charge in [-0.2, -0.15) is 0 Å². The van der Waals surface area contributed by atoms with Gasteiger partial charge in [0, 0.05) is 35.8 Å². The molecule has 0 spiro atoms. The third-order valence-electron chi connectivity index (χ3n) is 3.47. The Bertz CT molecular complexity index is 661. The van der Waals surface area contributed by atoms with Gasteiger partial charge in [0.2, 0.25) is 5.91 Å². The van der Waals surface area contributed by atoms with Gasteiger partial charge in [-0.3, -0.25) is 9.59 Å². The van der Waals surface area contributed by atoms with E-state index in [4.69, 9.17) is 5.11 Å². The van der Waals surface area contributed by atoms with Crippen LogP contribution in [0.3, 0.4) is 0 Å². The lowest BCUT2D eigenvalue weighted by molar-refractivity contribution is -0.138. The zero-order chi connectivity index (χ0) is 15.4. The number of anilines is 1. The number of aromatic nitrogens is 1. The number of hydrogen-bond donors (Lipinski definition) is 2. The van der Waals surface area contributed by atoms with Crippen molar-refractivity contribution in [2.24, 2.45) is 0 Å². The van der Waals surface area contributed by atoms with Crippen molar-refractivity contribution in [1.82, 2.24) is 4.57 Å². The number of nitrogens with one attached hydrogen (secondary N) is 1. The highest BCUT2D eigenvalue weighted by Gasteiger charge is 2.16. The highest BCUT2D eigenvalue weighted by atomic mass is 16.4. The quantitative estimate of drug-likeness (QED) is 0.855. The summed E-state index contributed by atoms with van der Waals surface area (Å²) in [6.07, 6.45) is 3.79. The van der Waals surface area contributed by atoms with Gasteiger partial charge in [-0.25, -0.2) is 0 Å². The van der Waals surface area contributed by atoms with Gasteiger partial charge in [0.15, 0.2) is 0 Å². The van der Waals surface area contributed by atoms with Crippen LogP contribution in [-0.2, 0) is 9.59 Å². The predicted molar refractivity (Wildman–Crippen MR) is 82.4 cm³/mol. The number of carboxylic acid groups (broad SMARTS) is 1. The lowest BCUT2D eigenvalue weighted by atomic mass is 10.1. The molecule has 1 amide bonds. The summed E-state index contributed by atoms with van der Waals surface area (Å²) >= 11 is 0. The van der Waals surface area contributed by atoms with Crippen molar-refractivity contribution in [2.75, 3.05) is 5.32 Å². The number of hydrogen-bond acceptors (Lipinski definition) is 2. The van der Waals surface area contributed by atoms with Crippen molar-refractivity contribution in [1.29, 1.82) is 0 Å². The Balaban J connectivity index is 2.35. The van der Waals surface area contributed by atoms with E-state index in [9.17, 15) is 9.59 Å². The van der Waals surface area contributed by atoms with E-state index in [0.717, 1.165) is 29.4 Å². The molecule has 1 atom stereocenters. The average Bonchev–Trinajstić information content (AvgIpc) is 2.80. The van der Waals surface area contributed by atoms with Crippen LogP contribution in [0.2, 0.25) is 0 Å². The Morgan fingerprint density at radius 2 is 2.10 bits per heavy atom. The number of aliphatic carboxylic acids is 1. The van der Waals surface area contributed by atoms with E-state index in [2.05, 4.69) is 12.2 Å². The van der Waals surface area contributed by atoms with E-state index >= 15 is 0 Å². The number of carboxylic acids is 1. The van der Waals surface area contributed by atoms with Crippen molar-refractivity contribution in [2.45, 2.75) is 39.2 Å². The fraction of sp³-hybridized carbons (Fsp3) is 0.375. The van der Waals surface area contributed by atoms with E-state index in [0.29, 0.717) is 0 Å². The molecule has 0 aliphatic rings. The topological polar surface area (TPSA) is 71.3 Å². The first-order chi connectivity index (χ1) is 10.0. The Labute approximate surface area is 123 Å². The molecule has 0 bridgehead atoms. The van der Waals surface area contributed by atoms with E-state index in [1.807, 2.05) is 35.0 Å². The SMILES string of the molecule is CCCC(CC(=O)O)n1ccc2cc(NC(C)=O)ccc21. The molecule has 0 aliphatic heterocycles. The number of fused-ring (bicyclic) bond motifs is 1. The third-order valence-corrected chi connectivity index (χ3v) is 3.47. The van der Waals surface area contributed by atoms with Gasteiger partial charge < -0.3 is 15.0 Å². The summed E-state index contributed by atoms with van der Waals surface area (Å²) in [6, 6.07) is 7.56. The fourth-order valence-electron chi connectivity index (χ4n) is 2.64. The minimum atomic E-state index is -0.787.